The fraction of sp³-hybridized carbons (Fsp3) is 0.320. The normalized spacial score (nSPS) is 15.3. The number of carbonyl (C=O) groups excluding carboxylic acids is 2. The van der Waals surface area contributed by atoms with Gasteiger partial charge in [-0.25, -0.2) is 9.37 Å². The molecule has 3 aromatic rings. The zero-order valence-corrected chi connectivity index (χ0v) is 19.6. The third-order valence-corrected chi connectivity index (χ3v) is 6.32. The molecule has 1 N–H and O–H groups in total. The van der Waals surface area contributed by atoms with Crippen molar-refractivity contribution in [2.75, 3.05) is 6.54 Å². The minimum atomic E-state index is -0.314. The molecule has 172 valence electrons. The first kappa shape index (κ1) is 22.9. The molecule has 4 rings (SSSR count). The lowest BCUT2D eigenvalue weighted by molar-refractivity contribution is -0.130. The smallest absolute Gasteiger partial charge is 0.270 e. The van der Waals surface area contributed by atoms with Crippen LogP contribution in [0.25, 0.3) is 0 Å². The number of carbonyl (C=O) groups is 2. The van der Waals surface area contributed by atoms with Crippen LogP contribution in [0.15, 0.2) is 47.8 Å². The largest absolute Gasteiger partial charge is 0.486 e. The Bertz CT molecular complexity index is 1160. The van der Waals surface area contributed by atoms with Crippen molar-refractivity contribution in [2.24, 2.45) is 0 Å². The Balaban J connectivity index is 1.56. The van der Waals surface area contributed by atoms with Gasteiger partial charge in [0.05, 0.1) is 6.04 Å². The molecule has 0 unspecified atom stereocenters. The van der Waals surface area contributed by atoms with Gasteiger partial charge in [-0.05, 0) is 61.2 Å². The van der Waals surface area contributed by atoms with Crippen LogP contribution in [0.2, 0.25) is 0 Å². The summed E-state index contributed by atoms with van der Waals surface area (Å²) in [5.74, 6) is 0.102. The molecule has 0 radical (unpaired) electrons. The summed E-state index contributed by atoms with van der Waals surface area (Å²) < 4.78 is 19.5. The van der Waals surface area contributed by atoms with Gasteiger partial charge >= 0.3 is 0 Å². The Morgan fingerprint density at radius 2 is 2.00 bits per heavy atom. The molecular weight excluding hydrogens is 441 g/mol. The number of benzene rings is 2. The van der Waals surface area contributed by atoms with Crippen LogP contribution in [0.3, 0.4) is 0 Å². The van der Waals surface area contributed by atoms with E-state index in [2.05, 4.69) is 10.3 Å². The summed E-state index contributed by atoms with van der Waals surface area (Å²) in [5.41, 5.74) is 3.34. The Kier molecular flexibility index (Phi) is 6.74. The average Bonchev–Trinajstić information content (AvgIpc) is 3.26. The van der Waals surface area contributed by atoms with Crippen LogP contribution in [0.1, 0.15) is 59.0 Å². The number of rotatable bonds is 6. The number of amides is 2. The average molecular weight is 468 g/mol. The van der Waals surface area contributed by atoms with E-state index in [1.54, 1.807) is 29.3 Å². The molecule has 0 saturated carbocycles. The Hall–Kier alpha value is -3.26. The topological polar surface area (TPSA) is 71.5 Å². The number of thiazole rings is 1. The zero-order chi connectivity index (χ0) is 23.5. The lowest BCUT2D eigenvalue weighted by atomic mass is 9.88. The number of aromatic nitrogens is 1. The monoisotopic (exact) mass is 467 g/mol. The minimum Gasteiger partial charge on any atom is -0.486 e. The summed E-state index contributed by atoms with van der Waals surface area (Å²) in [6.45, 7) is 6.19. The fourth-order valence-corrected chi connectivity index (χ4v) is 4.67. The molecule has 2 aromatic carbocycles. The summed E-state index contributed by atoms with van der Waals surface area (Å²) in [6, 6.07) is 11.9. The van der Waals surface area contributed by atoms with E-state index >= 15 is 0 Å². The van der Waals surface area contributed by atoms with Crippen LogP contribution in [-0.2, 0) is 17.8 Å². The zero-order valence-electron chi connectivity index (χ0n) is 18.8. The van der Waals surface area contributed by atoms with Crippen LogP contribution in [0.4, 0.5) is 4.39 Å². The molecule has 2 amide bonds. The number of halogens is 1. The van der Waals surface area contributed by atoms with Crippen LogP contribution in [0.5, 0.6) is 5.75 Å². The number of hydrogen-bond acceptors (Lipinski definition) is 5. The van der Waals surface area contributed by atoms with E-state index < -0.39 is 0 Å². The maximum atomic E-state index is 13.5. The molecule has 1 aromatic heterocycles. The quantitative estimate of drug-likeness (QED) is 0.580. The van der Waals surface area contributed by atoms with E-state index in [9.17, 15) is 14.0 Å². The van der Waals surface area contributed by atoms with Crippen molar-refractivity contribution >= 4 is 23.2 Å². The van der Waals surface area contributed by atoms with Gasteiger partial charge in [-0.2, -0.15) is 0 Å². The molecule has 1 aliphatic rings. The first-order valence-electron chi connectivity index (χ1n) is 10.9. The van der Waals surface area contributed by atoms with Gasteiger partial charge in [-0.15, -0.1) is 11.3 Å². The molecule has 2 heterocycles. The summed E-state index contributed by atoms with van der Waals surface area (Å²) in [6.07, 6.45) is 0.744. The second-order valence-corrected chi connectivity index (χ2v) is 9.26. The SMILES string of the molecule is CC(=O)N1CCc2ccc(OCc3nc(C(=O)NC(C)C)cs3)cc2[C@@H]1c1ccc(F)cc1. The molecule has 1 aliphatic heterocycles. The van der Waals surface area contributed by atoms with Gasteiger partial charge in [0.1, 0.15) is 28.9 Å². The van der Waals surface area contributed by atoms with Crippen molar-refractivity contribution < 1.29 is 18.7 Å². The Labute approximate surface area is 196 Å². The van der Waals surface area contributed by atoms with Crippen LogP contribution in [0, 0.1) is 5.82 Å². The highest BCUT2D eigenvalue weighted by atomic mass is 32.1. The fourth-order valence-electron chi connectivity index (χ4n) is 3.99. The lowest BCUT2D eigenvalue weighted by Crippen LogP contribution is -2.39. The summed E-state index contributed by atoms with van der Waals surface area (Å²) >= 11 is 1.37. The van der Waals surface area contributed by atoms with E-state index in [0.29, 0.717) is 23.0 Å². The molecule has 0 aliphatic carbocycles. The molecule has 0 saturated heterocycles. The van der Waals surface area contributed by atoms with Crippen molar-refractivity contribution in [2.45, 2.75) is 45.9 Å². The first-order valence-corrected chi connectivity index (χ1v) is 11.7. The van der Waals surface area contributed by atoms with Gasteiger partial charge in [0, 0.05) is 24.9 Å². The van der Waals surface area contributed by atoms with Crippen molar-refractivity contribution in [1.82, 2.24) is 15.2 Å². The van der Waals surface area contributed by atoms with E-state index in [0.717, 1.165) is 23.1 Å². The summed E-state index contributed by atoms with van der Waals surface area (Å²) in [5, 5.41) is 5.24. The number of nitrogens with zero attached hydrogens (tertiary/aromatic N) is 2. The predicted octanol–water partition coefficient (Wildman–Crippen LogP) is 4.49. The van der Waals surface area contributed by atoms with Gasteiger partial charge < -0.3 is 15.0 Å². The second-order valence-electron chi connectivity index (χ2n) is 8.32. The maximum Gasteiger partial charge on any atom is 0.270 e. The standard InChI is InChI=1S/C25H26FN3O3S/c1-15(2)27-25(31)22-14-33-23(28-22)13-32-20-9-6-17-10-11-29(16(3)30)24(21(17)12-20)18-4-7-19(26)8-5-18/h4-9,12,14-15,24H,10-11,13H2,1-3H3,(H,27,31)/t24-/m0/s1. The number of hydrogen-bond donors (Lipinski definition) is 1. The Morgan fingerprint density at radius 3 is 2.70 bits per heavy atom. The number of fused-ring (bicyclic) bond motifs is 1. The van der Waals surface area contributed by atoms with E-state index in [-0.39, 0.29) is 36.3 Å². The second kappa shape index (κ2) is 9.70. The Morgan fingerprint density at radius 1 is 1.24 bits per heavy atom. The molecule has 6 nitrogen and oxygen atoms in total. The van der Waals surface area contributed by atoms with Crippen molar-refractivity contribution in [3.05, 3.63) is 81.1 Å². The van der Waals surface area contributed by atoms with Gasteiger partial charge in [-0.3, -0.25) is 9.59 Å². The highest BCUT2D eigenvalue weighted by molar-refractivity contribution is 7.09. The maximum absolute atomic E-state index is 13.5. The number of nitrogens with one attached hydrogen (secondary N) is 1. The van der Waals surface area contributed by atoms with Gasteiger partial charge in [0.15, 0.2) is 0 Å². The first-order chi connectivity index (χ1) is 15.8. The van der Waals surface area contributed by atoms with Crippen LogP contribution < -0.4 is 10.1 Å². The highest BCUT2D eigenvalue weighted by Gasteiger charge is 2.31. The molecule has 1 atom stereocenters. The molecular formula is C25H26FN3O3S. The minimum absolute atomic E-state index is 0.0312. The number of ether oxygens (including phenoxy) is 1. The molecule has 8 heteroatoms. The third kappa shape index (κ3) is 5.22. The van der Waals surface area contributed by atoms with E-state index in [1.165, 1.54) is 23.5 Å². The third-order valence-electron chi connectivity index (χ3n) is 5.50. The van der Waals surface area contributed by atoms with Gasteiger partial charge in [0.2, 0.25) is 5.91 Å². The lowest BCUT2D eigenvalue weighted by Gasteiger charge is -2.37. The van der Waals surface area contributed by atoms with Crippen molar-refractivity contribution in [1.29, 1.82) is 0 Å². The van der Waals surface area contributed by atoms with Gasteiger partial charge in [0.25, 0.3) is 5.91 Å². The summed E-state index contributed by atoms with van der Waals surface area (Å²) in [4.78, 5) is 30.6. The van der Waals surface area contributed by atoms with Crippen LogP contribution in [-0.4, -0.2) is 34.3 Å². The summed E-state index contributed by atoms with van der Waals surface area (Å²) in [7, 11) is 0. The van der Waals surface area contributed by atoms with Gasteiger partial charge in [-0.1, -0.05) is 18.2 Å². The molecule has 0 spiro atoms. The van der Waals surface area contributed by atoms with Crippen LogP contribution >= 0.6 is 11.3 Å². The van der Waals surface area contributed by atoms with E-state index in [4.69, 9.17) is 4.74 Å². The highest BCUT2D eigenvalue weighted by Crippen LogP contribution is 2.37. The van der Waals surface area contributed by atoms with Crippen molar-refractivity contribution in [3.8, 4) is 5.75 Å². The van der Waals surface area contributed by atoms with Crippen molar-refractivity contribution in [3.63, 3.8) is 0 Å². The molecule has 0 fully saturated rings. The molecule has 33 heavy (non-hydrogen) atoms. The molecule has 0 bridgehead atoms. The van der Waals surface area contributed by atoms with E-state index in [1.807, 2.05) is 32.0 Å². The predicted molar refractivity (Wildman–Crippen MR) is 125 cm³/mol.